The number of ether oxygens (including phenoxy) is 1. The molecule has 0 atom stereocenters. The van der Waals surface area contributed by atoms with Gasteiger partial charge in [-0.05, 0) is 50.2 Å². The van der Waals surface area contributed by atoms with E-state index in [4.69, 9.17) is 9.15 Å². The third kappa shape index (κ3) is 3.82. The molecular formula is C20H16F2O5S. The van der Waals surface area contributed by atoms with Crippen LogP contribution in [0.25, 0.3) is 11.3 Å². The van der Waals surface area contributed by atoms with Crippen LogP contribution in [-0.4, -0.2) is 14.7 Å². The van der Waals surface area contributed by atoms with Crippen molar-refractivity contribution in [3.8, 4) is 22.8 Å². The van der Waals surface area contributed by atoms with E-state index in [-0.39, 0.29) is 27.7 Å². The number of halogens is 2. The van der Waals surface area contributed by atoms with Crippen LogP contribution in [0.4, 0.5) is 8.78 Å². The molecule has 146 valence electrons. The first-order chi connectivity index (χ1) is 13.1. The number of hydrogen-bond donors (Lipinski definition) is 0. The molecule has 0 aliphatic rings. The summed E-state index contributed by atoms with van der Waals surface area (Å²) in [5.74, 6) is -2.03. The Kier molecular flexibility index (Phi) is 5.08. The minimum Gasteiger partial charge on any atom is -0.457 e. The molecule has 8 heteroatoms. The van der Waals surface area contributed by atoms with Crippen LogP contribution in [0.3, 0.4) is 0 Å². The molecule has 0 aliphatic heterocycles. The van der Waals surface area contributed by atoms with E-state index in [9.17, 15) is 22.0 Å². The molecule has 0 fully saturated rings. The molecule has 1 aromatic heterocycles. The number of rotatable bonds is 4. The monoisotopic (exact) mass is 406 g/mol. The highest BCUT2D eigenvalue weighted by atomic mass is 32.2. The molecular weight excluding hydrogens is 390 g/mol. The van der Waals surface area contributed by atoms with Crippen molar-refractivity contribution in [1.29, 1.82) is 0 Å². The SMILES string of the molecule is Cc1oc(-c2ccc(S(C)(=O)=O)cc2)c(Oc2ccc(F)cc2F)c(=O)c1C. The highest BCUT2D eigenvalue weighted by Crippen LogP contribution is 2.34. The maximum absolute atomic E-state index is 14.0. The van der Waals surface area contributed by atoms with E-state index < -0.39 is 26.9 Å². The highest BCUT2D eigenvalue weighted by Gasteiger charge is 2.21. The molecule has 3 rings (SSSR count). The molecule has 5 nitrogen and oxygen atoms in total. The second-order valence-corrected chi connectivity index (χ2v) is 8.26. The molecule has 2 aromatic carbocycles. The summed E-state index contributed by atoms with van der Waals surface area (Å²) in [5, 5.41) is 0. The summed E-state index contributed by atoms with van der Waals surface area (Å²) in [6.45, 7) is 3.12. The van der Waals surface area contributed by atoms with Crippen LogP contribution in [-0.2, 0) is 9.84 Å². The normalized spacial score (nSPS) is 11.5. The van der Waals surface area contributed by atoms with Crippen molar-refractivity contribution in [3.05, 3.63) is 75.6 Å². The molecule has 0 N–H and O–H groups in total. The summed E-state index contributed by atoms with van der Waals surface area (Å²) in [6.07, 6.45) is 1.07. The summed E-state index contributed by atoms with van der Waals surface area (Å²) < 4.78 is 61.6. The summed E-state index contributed by atoms with van der Waals surface area (Å²) in [7, 11) is -3.40. The summed E-state index contributed by atoms with van der Waals surface area (Å²) in [5.41, 5.74) is 0.119. The molecule has 0 bridgehead atoms. The number of benzene rings is 2. The zero-order valence-electron chi connectivity index (χ0n) is 15.2. The van der Waals surface area contributed by atoms with E-state index in [1.807, 2.05) is 0 Å². The Hall–Kier alpha value is -3.00. The molecule has 1 heterocycles. The highest BCUT2D eigenvalue weighted by molar-refractivity contribution is 7.90. The lowest BCUT2D eigenvalue weighted by Gasteiger charge is -2.13. The number of aryl methyl sites for hydroxylation is 1. The van der Waals surface area contributed by atoms with E-state index in [0.29, 0.717) is 17.4 Å². The van der Waals surface area contributed by atoms with Crippen molar-refractivity contribution in [2.24, 2.45) is 0 Å². The van der Waals surface area contributed by atoms with E-state index >= 15 is 0 Å². The van der Waals surface area contributed by atoms with Gasteiger partial charge in [-0.25, -0.2) is 17.2 Å². The zero-order chi connectivity index (χ0) is 20.6. The van der Waals surface area contributed by atoms with Gasteiger partial charge < -0.3 is 9.15 Å². The van der Waals surface area contributed by atoms with Gasteiger partial charge in [-0.15, -0.1) is 0 Å². The van der Waals surface area contributed by atoms with Crippen LogP contribution in [0.15, 0.2) is 56.6 Å². The lowest BCUT2D eigenvalue weighted by Crippen LogP contribution is -2.12. The van der Waals surface area contributed by atoms with Crippen LogP contribution < -0.4 is 10.2 Å². The Labute approximate surface area is 160 Å². The van der Waals surface area contributed by atoms with Gasteiger partial charge in [-0.2, -0.15) is 0 Å². The van der Waals surface area contributed by atoms with Gasteiger partial charge in [-0.1, -0.05) is 0 Å². The molecule has 0 radical (unpaired) electrons. The minimum absolute atomic E-state index is 0.0110. The van der Waals surface area contributed by atoms with Gasteiger partial charge in [0.25, 0.3) is 0 Å². The van der Waals surface area contributed by atoms with Crippen molar-refractivity contribution in [3.63, 3.8) is 0 Å². The molecule has 0 saturated carbocycles. The first kappa shape index (κ1) is 19.8. The standard InChI is InChI=1S/C20H16F2O5S/c1-11-12(2)26-19(13-4-7-15(8-5-13)28(3,24)25)20(18(11)23)27-17-9-6-14(21)10-16(17)22/h4-10H,1-3H3. The average molecular weight is 406 g/mol. The predicted molar refractivity (Wildman–Crippen MR) is 99.4 cm³/mol. The first-order valence-corrected chi connectivity index (χ1v) is 10.0. The largest absolute Gasteiger partial charge is 0.457 e. The van der Waals surface area contributed by atoms with Crippen molar-refractivity contribution < 1.29 is 26.4 Å². The molecule has 3 aromatic rings. The predicted octanol–water partition coefficient (Wildman–Crippen LogP) is 4.40. The molecule has 28 heavy (non-hydrogen) atoms. The summed E-state index contributed by atoms with van der Waals surface area (Å²) in [6, 6.07) is 8.34. The zero-order valence-corrected chi connectivity index (χ0v) is 16.1. The molecule has 0 spiro atoms. The maximum atomic E-state index is 14.0. The quantitative estimate of drug-likeness (QED) is 0.642. The topological polar surface area (TPSA) is 73.6 Å². The fraction of sp³-hybridized carbons (Fsp3) is 0.150. The van der Waals surface area contributed by atoms with Gasteiger partial charge in [0.1, 0.15) is 11.6 Å². The second kappa shape index (κ2) is 7.20. The molecule has 0 amide bonds. The Morgan fingerprint density at radius 1 is 1.00 bits per heavy atom. The van der Waals surface area contributed by atoms with Gasteiger partial charge in [0.05, 0.1) is 4.90 Å². The van der Waals surface area contributed by atoms with E-state index in [1.165, 1.54) is 31.2 Å². The third-order valence-corrected chi connectivity index (χ3v) is 5.32. The average Bonchev–Trinajstić information content (AvgIpc) is 2.63. The van der Waals surface area contributed by atoms with E-state index in [1.54, 1.807) is 6.92 Å². The van der Waals surface area contributed by atoms with Gasteiger partial charge >= 0.3 is 0 Å². The van der Waals surface area contributed by atoms with Crippen molar-refractivity contribution >= 4 is 9.84 Å². The van der Waals surface area contributed by atoms with E-state index in [0.717, 1.165) is 18.4 Å². The van der Waals surface area contributed by atoms with E-state index in [2.05, 4.69) is 0 Å². The van der Waals surface area contributed by atoms with Crippen LogP contribution in [0, 0.1) is 25.5 Å². The molecule has 0 saturated heterocycles. The van der Waals surface area contributed by atoms with Crippen LogP contribution in [0.5, 0.6) is 11.5 Å². The lowest BCUT2D eigenvalue weighted by atomic mass is 10.1. The summed E-state index contributed by atoms with van der Waals surface area (Å²) in [4.78, 5) is 12.8. The van der Waals surface area contributed by atoms with Crippen molar-refractivity contribution in [1.82, 2.24) is 0 Å². The minimum atomic E-state index is -3.40. The van der Waals surface area contributed by atoms with Crippen molar-refractivity contribution in [2.45, 2.75) is 18.7 Å². The lowest BCUT2D eigenvalue weighted by molar-refractivity contribution is 0.410. The fourth-order valence-electron chi connectivity index (χ4n) is 2.51. The molecule has 0 aliphatic carbocycles. The third-order valence-electron chi connectivity index (χ3n) is 4.19. The first-order valence-electron chi connectivity index (χ1n) is 8.15. The Balaban J connectivity index is 2.17. The van der Waals surface area contributed by atoms with Gasteiger partial charge in [0.15, 0.2) is 27.2 Å². The van der Waals surface area contributed by atoms with Crippen LogP contribution in [0.2, 0.25) is 0 Å². The smallest absolute Gasteiger partial charge is 0.231 e. The Morgan fingerprint density at radius 3 is 2.21 bits per heavy atom. The summed E-state index contributed by atoms with van der Waals surface area (Å²) >= 11 is 0. The van der Waals surface area contributed by atoms with Gasteiger partial charge in [0, 0.05) is 23.4 Å². The Morgan fingerprint density at radius 2 is 1.64 bits per heavy atom. The maximum Gasteiger partial charge on any atom is 0.231 e. The second-order valence-electron chi connectivity index (χ2n) is 6.24. The number of sulfone groups is 1. The van der Waals surface area contributed by atoms with Gasteiger partial charge in [-0.3, -0.25) is 4.79 Å². The van der Waals surface area contributed by atoms with Gasteiger partial charge in [0.2, 0.25) is 11.2 Å². The van der Waals surface area contributed by atoms with Crippen LogP contribution in [0.1, 0.15) is 11.3 Å². The number of hydrogen-bond acceptors (Lipinski definition) is 5. The fourth-order valence-corrected chi connectivity index (χ4v) is 3.14. The molecule has 0 unspecified atom stereocenters. The Bertz CT molecular complexity index is 1210. The van der Waals surface area contributed by atoms with Crippen molar-refractivity contribution in [2.75, 3.05) is 6.26 Å². The van der Waals surface area contributed by atoms with Crippen LogP contribution >= 0.6 is 0 Å².